The number of benzene rings is 2. The minimum absolute atomic E-state index is 0.219. The largest absolute Gasteiger partial charge is 0.493 e. The van der Waals surface area contributed by atoms with Gasteiger partial charge in [0.05, 0.1) is 20.8 Å². The summed E-state index contributed by atoms with van der Waals surface area (Å²) in [4.78, 5) is 19.4. The maximum atomic E-state index is 13.4. The number of aromatic nitrogens is 1. The fourth-order valence-electron chi connectivity index (χ4n) is 3.39. The average Bonchev–Trinajstić information content (AvgIpc) is 2.80. The number of ether oxygens (including phenoxy) is 3. The first-order valence-electron chi connectivity index (χ1n) is 10.2. The molecule has 1 atom stereocenters. The maximum absolute atomic E-state index is 13.4. The van der Waals surface area contributed by atoms with Crippen LogP contribution in [0, 0.1) is 13.8 Å². The van der Waals surface area contributed by atoms with E-state index in [0.29, 0.717) is 34.6 Å². The molecule has 2 aromatic carbocycles. The van der Waals surface area contributed by atoms with Crippen LogP contribution in [-0.2, 0) is 11.3 Å². The molecule has 3 rings (SSSR count). The molecular weight excluding hydrogens is 428 g/mol. The molecule has 0 spiro atoms. The average molecular weight is 455 g/mol. The van der Waals surface area contributed by atoms with Gasteiger partial charge in [-0.15, -0.1) is 0 Å². The topological polar surface area (TPSA) is 60.9 Å². The van der Waals surface area contributed by atoms with Crippen LogP contribution in [0.5, 0.6) is 17.2 Å². The first kappa shape index (κ1) is 23.4. The number of nitrogens with zero attached hydrogens (tertiary/aromatic N) is 2. The minimum atomic E-state index is -0.739. The highest BCUT2D eigenvalue weighted by molar-refractivity contribution is 6.32. The number of pyridine rings is 1. The van der Waals surface area contributed by atoms with E-state index in [1.54, 1.807) is 38.3 Å². The Morgan fingerprint density at radius 1 is 1.03 bits per heavy atom. The predicted molar refractivity (Wildman–Crippen MR) is 126 cm³/mol. The van der Waals surface area contributed by atoms with E-state index in [9.17, 15) is 4.79 Å². The Labute approximate surface area is 193 Å². The molecule has 0 aliphatic heterocycles. The highest BCUT2D eigenvalue weighted by Crippen LogP contribution is 2.30. The van der Waals surface area contributed by atoms with Gasteiger partial charge < -0.3 is 14.2 Å². The normalized spacial score (nSPS) is 11.6. The third-order valence-corrected chi connectivity index (χ3v) is 5.65. The lowest BCUT2D eigenvalue weighted by molar-refractivity contribution is -0.124. The highest BCUT2D eigenvalue weighted by Gasteiger charge is 2.25. The third-order valence-electron chi connectivity index (χ3n) is 5.05. The summed E-state index contributed by atoms with van der Waals surface area (Å²) in [5, 5.41) is 0.694. The van der Waals surface area contributed by atoms with E-state index in [-0.39, 0.29) is 5.91 Å². The first-order chi connectivity index (χ1) is 15.3. The molecule has 0 saturated carbocycles. The number of hydrogen-bond acceptors (Lipinski definition) is 5. The number of methoxy groups -OCH3 is 2. The van der Waals surface area contributed by atoms with Gasteiger partial charge in [0, 0.05) is 11.2 Å². The first-order valence-corrected chi connectivity index (χ1v) is 10.6. The van der Waals surface area contributed by atoms with E-state index >= 15 is 0 Å². The number of carbonyl (C=O) groups excluding carboxylic acids is 1. The van der Waals surface area contributed by atoms with E-state index < -0.39 is 6.10 Å². The lowest BCUT2D eigenvalue weighted by Crippen LogP contribution is -2.40. The summed E-state index contributed by atoms with van der Waals surface area (Å²) in [5.74, 6) is 2.12. The summed E-state index contributed by atoms with van der Waals surface area (Å²) in [7, 11) is 3.16. The zero-order valence-corrected chi connectivity index (χ0v) is 19.6. The molecule has 6 nitrogen and oxygen atoms in total. The molecule has 0 aliphatic carbocycles. The minimum Gasteiger partial charge on any atom is -0.493 e. The quantitative estimate of drug-likeness (QED) is 0.458. The Hall–Kier alpha value is -3.25. The van der Waals surface area contributed by atoms with Crippen LogP contribution in [0.3, 0.4) is 0 Å². The Kier molecular flexibility index (Phi) is 7.59. The van der Waals surface area contributed by atoms with Crippen molar-refractivity contribution in [2.75, 3.05) is 19.1 Å². The van der Waals surface area contributed by atoms with Crippen molar-refractivity contribution in [3.05, 3.63) is 76.4 Å². The van der Waals surface area contributed by atoms with Crippen LogP contribution in [0.1, 0.15) is 23.6 Å². The molecule has 32 heavy (non-hydrogen) atoms. The van der Waals surface area contributed by atoms with E-state index in [2.05, 4.69) is 4.98 Å². The Bertz CT molecular complexity index is 1070. The summed E-state index contributed by atoms with van der Waals surface area (Å²) in [5.41, 5.74) is 2.66. The number of aryl methyl sites for hydroxylation is 2. The van der Waals surface area contributed by atoms with E-state index in [1.165, 1.54) is 0 Å². The maximum Gasteiger partial charge on any atom is 0.269 e. The van der Waals surface area contributed by atoms with Gasteiger partial charge in [-0.3, -0.25) is 9.69 Å². The second-order valence-corrected chi connectivity index (χ2v) is 7.81. The molecule has 168 valence electrons. The molecule has 0 aliphatic rings. The monoisotopic (exact) mass is 454 g/mol. The van der Waals surface area contributed by atoms with Crippen molar-refractivity contribution < 1.29 is 19.0 Å². The third kappa shape index (κ3) is 5.32. The molecule has 7 heteroatoms. The van der Waals surface area contributed by atoms with Crippen LogP contribution in [0.15, 0.2) is 54.7 Å². The molecular formula is C25H27ClN2O4. The van der Waals surface area contributed by atoms with Crippen LogP contribution in [0.4, 0.5) is 5.82 Å². The van der Waals surface area contributed by atoms with Gasteiger partial charge in [-0.25, -0.2) is 4.98 Å². The fraction of sp³-hybridized carbons (Fsp3) is 0.280. The van der Waals surface area contributed by atoms with Gasteiger partial charge in [0.25, 0.3) is 5.91 Å². The molecule has 0 saturated heterocycles. The van der Waals surface area contributed by atoms with Crippen LogP contribution < -0.4 is 19.1 Å². The van der Waals surface area contributed by atoms with Crippen molar-refractivity contribution in [1.82, 2.24) is 4.98 Å². The lowest BCUT2D eigenvalue weighted by Gasteiger charge is -2.26. The van der Waals surface area contributed by atoms with Gasteiger partial charge in [-0.05, 0) is 73.9 Å². The number of amides is 1. The van der Waals surface area contributed by atoms with Crippen molar-refractivity contribution >= 4 is 23.3 Å². The van der Waals surface area contributed by atoms with Crippen LogP contribution in [0.2, 0.25) is 5.02 Å². The molecule has 3 aromatic rings. The van der Waals surface area contributed by atoms with Gasteiger partial charge >= 0.3 is 0 Å². The van der Waals surface area contributed by atoms with E-state index in [0.717, 1.165) is 16.7 Å². The summed E-state index contributed by atoms with van der Waals surface area (Å²) in [6.45, 7) is 5.84. The molecule has 1 heterocycles. The van der Waals surface area contributed by atoms with Crippen LogP contribution in [-0.4, -0.2) is 31.2 Å². The SMILES string of the molecule is COc1ccc(CN(C(=O)[C@H](C)Oc2cc(C)c(Cl)c(C)c2)c2ccccn2)cc1OC. The molecule has 0 unspecified atom stereocenters. The number of hydrogen-bond donors (Lipinski definition) is 0. The van der Waals surface area contributed by atoms with Crippen molar-refractivity contribution in [1.29, 1.82) is 0 Å². The Balaban J connectivity index is 1.88. The van der Waals surface area contributed by atoms with Gasteiger partial charge in [0.2, 0.25) is 0 Å². The van der Waals surface area contributed by atoms with Gasteiger partial charge in [-0.1, -0.05) is 23.7 Å². The standard InChI is InChI=1S/C25H27ClN2O4/c1-16-12-20(13-17(2)24(16)26)32-18(3)25(29)28(23-8-6-7-11-27-23)15-19-9-10-21(30-4)22(14-19)31-5/h6-14,18H,15H2,1-5H3/t18-/m0/s1. The highest BCUT2D eigenvalue weighted by atomic mass is 35.5. The second-order valence-electron chi connectivity index (χ2n) is 7.43. The summed E-state index contributed by atoms with van der Waals surface area (Å²) < 4.78 is 16.7. The molecule has 0 N–H and O–H groups in total. The molecule has 1 aromatic heterocycles. The van der Waals surface area contributed by atoms with Gasteiger partial charge in [-0.2, -0.15) is 0 Å². The van der Waals surface area contributed by atoms with Crippen molar-refractivity contribution in [3.8, 4) is 17.2 Å². The fourth-order valence-corrected chi connectivity index (χ4v) is 3.50. The van der Waals surface area contributed by atoms with Crippen molar-refractivity contribution in [3.63, 3.8) is 0 Å². The zero-order chi connectivity index (χ0) is 23.3. The smallest absolute Gasteiger partial charge is 0.269 e. The summed E-state index contributed by atoms with van der Waals surface area (Å²) in [6, 6.07) is 14.7. The van der Waals surface area contributed by atoms with Crippen LogP contribution >= 0.6 is 11.6 Å². The van der Waals surface area contributed by atoms with E-state index in [4.69, 9.17) is 25.8 Å². The summed E-state index contributed by atoms with van der Waals surface area (Å²) >= 11 is 6.26. The van der Waals surface area contributed by atoms with E-state index in [1.807, 2.05) is 56.3 Å². The van der Waals surface area contributed by atoms with Crippen molar-refractivity contribution in [2.24, 2.45) is 0 Å². The Morgan fingerprint density at radius 3 is 2.31 bits per heavy atom. The van der Waals surface area contributed by atoms with Gasteiger partial charge in [0.15, 0.2) is 17.6 Å². The molecule has 0 radical (unpaired) electrons. The zero-order valence-electron chi connectivity index (χ0n) is 18.9. The van der Waals surface area contributed by atoms with Crippen LogP contribution in [0.25, 0.3) is 0 Å². The number of halogens is 1. The number of anilines is 1. The molecule has 1 amide bonds. The molecule has 0 bridgehead atoms. The number of rotatable bonds is 8. The number of carbonyl (C=O) groups is 1. The Morgan fingerprint density at radius 2 is 1.72 bits per heavy atom. The summed E-state index contributed by atoms with van der Waals surface area (Å²) in [6.07, 6.45) is 0.916. The molecule has 0 fully saturated rings. The van der Waals surface area contributed by atoms with Gasteiger partial charge in [0.1, 0.15) is 11.6 Å². The van der Waals surface area contributed by atoms with Crippen molar-refractivity contribution in [2.45, 2.75) is 33.4 Å². The second kappa shape index (κ2) is 10.4. The lowest BCUT2D eigenvalue weighted by atomic mass is 10.1. The predicted octanol–water partition coefficient (Wildman–Crippen LogP) is 5.37.